The van der Waals surface area contributed by atoms with Gasteiger partial charge in [0.2, 0.25) is 5.91 Å². The average molecular weight is 450 g/mol. The van der Waals surface area contributed by atoms with E-state index in [-0.39, 0.29) is 11.8 Å². The van der Waals surface area contributed by atoms with Crippen molar-refractivity contribution in [3.05, 3.63) is 83.4 Å². The van der Waals surface area contributed by atoms with E-state index in [4.69, 9.17) is 16.3 Å². The number of anilines is 3. The van der Waals surface area contributed by atoms with Crippen LogP contribution in [0.3, 0.4) is 0 Å². The molecule has 0 bridgehead atoms. The van der Waals surface area contributed by atoms with Crippen molar-refractivity contribution < 1.29 is 14.3 Å². The van der Waals surface area contributed by atoms with E-state index >= 15 is 0 Å². The van der Waals surface area contributed by atoms with E-state index in [0.29, 0.717) is 22.9 Å². The SMILES string of the molecule is COc1ccc(NC(=O)[C@H](Nc2ccc(N3CCCC3=O)cc2)c2ccccc2)cc1Cl. The summed E-state index contributed by atoms with van der Waals surface area (Å²) in [6.45, 7) is 0.741. The van der Waals surface area contributed by atoms with Crippen molar-refractivity contribution in [2.45, 2.75) is 18.9 Å². The predicted octanol–water partition coefficient (Wildman–Crippen LogP) is 5.27. The zero-order valence-corrected chi connectivity index (χ0v) is 18.4. The number of rotatable bonds is 7. The molecule has 2 N–H and O–H groups in total. The van der Waals surface area contributed by atoms with Crippen molar-refractivity contribution in [1.82, 2.24) is 0 Å². The Kier molecular flexibility index (Phi) is 6.61. The van der Waals surface area contributed by atoms with Crippen LogP contribution in [0.15, 0.2) is 72.8 Å². The van der Waals surface area contributed by atoms with Crippen LogP contribution in [0.1, 0.15) is 24.4 Å². The standard InChI is InChI=1S/C25H24ClN3O3/c1-32-22-14-11-19(16-21(22)26)28-25(31)24(17-6-3-2-4-7-17)27-18-9-12-20(13-10-18)29-15-5-8-23(29)30/h2-4,6-7,9-14,16,24,27H,5,8,15H2,1H3,(H,28,31)/t24-/m1/s1. The highest BCUT2D eigenvalue weighted by Crippen LogP contribution is 2.29. The monoisotopic (exact) mass is 449 g/mol. The molecule has 0 spiro atoms. The van der Waals surface area contributed by atoms with Crippen molar-refractivity contribution in [1.29, 1.82) is 0 Å². The van der Waals surface area contributed by atoms with Crippen LogP contribution < -0.4 is 20.3 Å². The number of hydrogen-bond donors (Lipinski definition) is 2. The highest BCUT2D eigenvalue weighted by molar-refractivity contribution is 6.32. The quantitative estimate of drug-likeness (QED) is 0.515. The minimum absolute atomic E-state index is 0.144. The molecule has 1 atom stereocenters. The number of amides is 2. The molecule has 1 saturated heterocycles. The number of methoxy groups -OCH3 is 1. The molecule has 0 aliphatic carbocycles. The summed E-state index contributed by atoms with van der Waals surface area (Å²) in [6.07, 6.45) is 1.47. The summed E-state index contributed by atoms with van der Waals surface area (Å²) >= 11 is 6.20. The summed E-state index contributed by atoms with van der Waals surface area (Å²) in [6, 6.07) is 21.5. The molecule has 7 heteroatoms. The molecule has 0 unspecified atom stereocenters. The second-order valence-corrected chi connectivity index (χ2v) is 7.93. The molecule has 2 amide bonds. The third-order valence-corrected chi connectivity index (χ3v) is 5.67. The molecule has 4 rings (SSSR count). The lowest BCUT2D eigenvalue weighted by Crippen LogP contribution is -2.27. The van der Waals surface area contributed by atoms with Crippen molar-refractivity contribution in [3.63, 3.8) is 0 Å². The highest BCUT2D eigenvalue weighted by Gasteiger charge is 2.23. The molecular formula is C25H24ClN3O3. The van der Waals surface area contributed by atoms with Gasteiger partial charge in [-0.15, -0.1) is 0 Å². The molecule has 3 aromatic rings. The van der Waals surface area contributed by atoms with Gasteiger partial charge in [-0.2, -0.15) is 0 Å². The first kappa shape index (κ1) is 21.7. The third-order valence-electron chi connectivity index (χ3n) is 5.38. The molecule has 1 aliphatic heterocycles. The number of hydrogen-bond acceptors (Lipinski definition) is 4. The molecule has 0 saturated carbocycles. The number of ether oxygens (including phenoxy) is 1. The lowest BCUT2D eigenvalue weighted by molar-refractivity contribution is -0.117. The van der Waals surface area contributed by atoms with Gasteiger partial charge in [0.15, 0.2) is 0 Å². The Balaban J connectivity index is 1.54. The summed E-state index contributed by atoms with van der Waals surface area (Å²) in [7, 11) is 1.54. The molecule has 32 heavy (non-hydrogen) atoms. The predicted molar refractivity (Wildman–Crippen MR) is 127 cm³/mol. The van der Waals surface area contributed by atoms with Crippen LogP contribution in [0.2, 0.25) is 5.02 Å². The van der Waals surface area contributed by atoms with E-state index in [0.717, 1.165) is 29.9 Å². The fourth-order valence-electron chi connectivity index (χ4n) is 3.73. The van der Waals surface area contributed by atoms with E-state index in [1.807, 2.05) is 54.6 Å². The molecular weight excluding hydrogens is 426 g/mol. The maximum absolute atomic E-state index is 13.2. The van der Waals surface area contributed by atoms with Gasteiger partial charge in [-0.3, -0.25) is 9.59 Å². The first-order chi connectivity index (χ1) is 15.5. The van der Waals surface area contributed by atoms with Crippen molar-refractivity contribution in [3.8, 4) is 5.75 Å². The molecule has 0 radical (unpaired) electrons. The molecule has 6 nitrogen and oxygen atoms in total. The van der Waals surface area contributed by atoms with Gasteiger partial charge in [-0.25, -0.2) is 0 Å². The molecule has 3 aromatic carbocycles. The second-order valence-electron chi connectivity index (χ2n) is 7.52. The van der Waals surface area contributed by atoms with Gasteiger partial charge >= 0.3 is 0 Å². The summed E-state index contributed by atoms with van der Waals surface area (Å²) in [5.74, 6) is 0.459. The minimum Gasteiger partial charge on any atom is -0.495 e. The van der Waals surface area contributed by atoms with Crippen LogP contribution in [0, 0.1) is 0 Å². The van der Waals surface area contributed by atoms with Crippen LogP contribution in [-0.2, 0) is 9.59 Å². The van der Waals surface area contributed by atoms with Crippen LogP contribution >= 0.6 is 11.6 Å². The Hall–Kier alpha value is -3.51. The number of carbonyl (C=O) groups is 2. The normalized spacial score (nSPS) is 14.2. The van der Waals surface area contributed by atoms with Crippen molar-refractivity contribution in [2.75, 3.05) is 29.2 Å². The van der Waals surface area contributed by atoms with Gasteiger partial charge in [0.1, 0.15) is 11.8 Å². The maximum Gasteiger partial charge on any atom is 0.251 e. The molecule has 1 aliphatic rings. The van der Waals surface area contributed by atoms with Crippen LogP contribution in [0.4, 0.5) is 17.1 Å². The molecule has 164 valence electrons. The zero-order valence-electron chi connectivity index (χ0n) is 17.7. The van der Waals surface area contributed by atoms with Gasteiger partial charge in [-0.05, 0) is 54.4 Å². The minimum atomic E-state index is -0.628. The van der Waals surface area contributed by atoms with Crippen LogP contribution in [0.25, 0.3) is 0 Å². The first-order valence-corrected chi connectivity index (χ1v) is 10.8. The van der Waals surface area contributed by atoms with Gasteiger partial charge in [-0.1, -0.05) is 41.9 Å². The van der Waals surface area contributed by atoms with Crippen LogP contribution in [0.5, 0.6) is 5.75 Å². The summed E-state index contributed by atoms with van der Waals surface area (Å²) < 4.78 is 5.17. The Morgan fingerprint density at radius 2 is 1.75 bits per heavy atom. The lowest BCUT2D eigenvalue weighted by Gasteiger charge is -2.21. The second kappa shape index (κ2) is 9.75. The number of nitrogens with one attached hydrogen (secondary N) is 2. The topological polar surface area (TPSA) is 70.7 Å². The molecule has 1 heterocycles. The Labute approximate surface area is 192 Å². The fraction of sp³-hybridized carbons (Fsp3) is 0.200. The Morgan fingerprint density at radius 1 is 1.03 bits per heavy atom. The lowest BCUT2D eigenvalue weighted by atomic mass is 10.1. The number of nitrogens with zero attached hydrogens (tertiary/aromatic N) is 1. The Morgan fingerprint density at radius 3 is 2.38 bits per heavy atom. The van der Waals surface area contributed by atoms with Gasteiger partial charge < -0.3 is 20.3 Å². The van der Waals surface area contributed by atoms with E-state index in [1.165, 1.54) is 0 Å². The van der Waals surface area contributed by atoms with Crippen LogP contribution in [-0.4, -0.2) is 25.5 Å². The highest BCUT2D eigenvalue weighted by atomic mass is 35.5. The summed E-state index contributed by atoms with van der Waals surface area (Å²) in [4.78, 5) is 27.0. The van der Waals surface area contributed by atoms with E-state index < -0.39 is 6.04 Å². The largest absolute Gasteiger partial charge is 0.495 e. The first-order valence-electron chi connectivity index (χ1n) is 10.4. The number of benzene rings is 3. The molecule has 0 aromatic heterocycles. The smallest absolute Gasteiger partial charge is 0.251 e. The number of carbonyl (C=O) groups excluding carboxylic acids is 2. The van der Waals surface area contributed by atoms with Crippen molar-refractivity contribution >= 4 is 40.5 Å². The average Bonchev–Trinajstić information content (AvgIpc) is 3.24. The Bertz CT molecular complexity index is 1100. The third kappa shape index (κ3) is 4.86. The summed E-state index contributed by atoms with van der Waals surface area (Å²) in [5.41, 5.74) is 3.04. The van der Waals surface area contributed by atoms with Gasteiger partial charge in [0.05, 0.1) is 12.1 Å². The van der Waals surface area contributed by atoms with E-state index in [2.05, 4.69) is 10.6 Å². The van der Waals surface area contributed by atoms with Gasteiger partial charge in [0, 0.05) is 30.0 Å². The fourth-order valence-corrected chi connectivity index (χ4v) is 3.99. The van der Waals surface area contributed by atoms with Gasteiger partial charge in [0.25, 0.3) is 5.91 Å². The van der Waals surface area contributed by atoms with Crippen molar-refractivity contribution in [2.24, 2.45) is 0 Å². The maximum atomic E-state index is 13.2. The molecule has 1 fully saturated rings. The number of halogens is 1. The zero-order chi connectivity index (χ0) is 22.5. The van der Waals surface area contributed by atoms with E-state index in [1.54, 1.807) is 30.2 Å². The van der Waals surface area contributed by atoms with E-state index in [9.17, 15) is 9.59 Å². The summed E-state index contributed by atoms with van der Waals surface area (Å²) in [5, 5.41) is 6.65.